The van der Waals surface area contributed by atoms with Crippen molar-refractivity contribution in [1.82, 2.24) is 5.01 Å². The Kier molecular flexibility index (Phi) is 4.43. The lowest BCUT2D eigenvalue weighted by Crippen LogP contribution is -2.45. The number of rotatable bonds is 3. The van der Waals surface area contributed by atoms with Crippen molar-refractivity contribution < 1.29 is 13.9 Å². The Morgan fingerprint density at radius 1 is 1.07 bits per heavy atom. The SMILES string of the molecule is O=C(c1ccc(F)cc1)[C@H]1Oc2ccc(Br)cc2[C@H]2CC(c3ccccc3)=NN12. The number of Topliss-reactive ketones (excluding diaryl/α,β-unsaturated/α-hetero) is 1. The van der Waals surface area contributed by atoms with Crippen LogP contribution in [0, 0.1) is 5.82 Å². The lowest BCUT2D eigenvalue weighted by molar-refractivity contribution is -0.00459. The highest BCUT2D eigenvalue weighted by Crippen LogP contribution is 2.44. The molecule has 2 aliphatic heterocycles. The maximum absolute atomic E-state index is 13.3. The Balaban J connectivity index is 1.57. The first-order chi connectivity index (χ1) is 14.1. The van der Waals surface area contributed by atoms with Gasteiger partial charge >= 0.3 is 0 Å². The van der Waals surface area contributed by atoms with Gasteiger partial charge in [-0.3, -0.25) is 4.79 Å². The topological polar surface area (TPSA) is 41.9 Å². The fourth-order valence-electron chi connectivity index (χ4n) is 3.79. The number of benzene rings is 3. The van der Waals surface area contributed by atoms with E-state index in [0.29, 0.717) is 17.7 Å². The molecular formula is C23H16BrFN2O2. The Morgan fingerprint density at radius 2 is 1.83 bits per heavy atom. The average Bonchev–Trinajstić information content (AvgIpc) is 3.20. The van der Waals surface area contributed by atoms with Gasteiger partial charge in [0.15, 0.2) is 0 Å². The molecule has 0 aliphatic carbocycles. The Morgan fingerprint density at radius 3 is 2.59 bits per heavy atom. The van der Waals surface area contributed by atoms with Crippen LogP contribution in [-0.2, 0) is 0 Å². The van der Waals surface area contributed by atoms with E-state index >= 15 is 0 Å². The molecule has 3 aromatic rings. The van der Waals surface area contributed by atoms with Crippen molar-refractivity contribution in [1.29, 1.82) is 0 Å². The highest BCUT2D eigenvalue weighted by molar-refractivity contribution is 9.10. The second kappa shape index (κ2) is 7.12. The molecule has 2 heterocycles. The third-order valence-corrected chi connectivity index (χ3v) is 5.71. The summed E-state index contributed by atoms with van der Waals surface area (Å²) >= 11 is 3.52. The highest BCUT2D eigenvalue weighted by atomic mass is 79.9. The van der Waals surface area contributed by atoms with Gasteiger partial charge in [0, 0.05) is 22.0 Å². The van der Waals surface area contributed by atoms with E-state index < -0.39 is 6.23 Å². The summed E-state index contributed by atoms with van der Waals surface area (Å²) in [6.07, 6.45) is -0.232. The van der Waals surface area contributed by atoms with Crippen molar-refractivity contribution in [3.8, 4) is 5.75 Å². The minimum Gasteiger partial charge on any atom is -0.461 e. The lowest BCUT2D eigenvalue weighted by Gasteiger charge is -2.37. The smallest absolute Gasteiger partial charge is 0.251 e. The molecule has 3 aromatic carbocycles. The molecule has 2 atom stereocenters. The van der Waals surface area contributed by atoms with E-state index in [-0.39, 0.29) is 17.6 Å². The summed E-state index contributed by atoms with van der Waals surface area (Å²) in [4.78, 5) is 13.2. The maximum Gasteiger partial charge on any atom is 0.251 e. The van der Waals surface area contributed by atoms with E-state index in [1.54, 1.807) is 5.01 Å². The number of hydrogen-bond acceptors (Lipinski definition) is 4. The predicted molar refractivity (Wildman–Crippen MR) is 111 cm³/mol. The second-order valence-electron chi connectivity index (χ2n) is 7.04. The van der Waals surface area contributed by atoms with Gasteiger partial charge in [-0.25, -0.2) is 9.40 Å². The quantitative estimate of drug-likeness (QED) is 0.505. The first kappa shape index (κ1) is 18.1. The molecule has 0 saturated heterocycles. The number of ether oxygens (including phenoxy) is 1. The summed E-state index contributed by atoms with van der Waals surface area (Å²) in [6.45, 7) is 0. The van der Waals surface area contributed by atoms with Gasteiger partial charge in [-0.2, -0.15) is 5.10 Å². The third kappa shape index (κ3) is 3.23. The normalized spacial score (nSPS) is 19.8. The van der Waals surface area contributed by atoms with Crippen LogP contribution in [0.1, 0.15) is 33.9 Å². The van der Waals surface area contributed by atoms with Gasteiger partial charge in [0.25, 0.3) is 6.23 Å². The molecule has 5 rings (SSSR count). The molecule has 0 saturated carbocycles. The van der Waals surface area contributed by atoms with Crippen molar-refractivity contribution in [2.75, 3.05) is 0 Å². The molecule has 0 bridgehead atoms. The van der Waals surface area contributed by atoms with Crippen LogP contribution in [0.25, 0.3) is 0 Å². The van der Waals surface area contributed by atoms with Crippen LogP contribution in [0.15, 0.2) is 82.4 Å². The summed E-state index contributed by atoms with van der Waals surface area (Å²) < 4.78 is 20.3. The molecule has 0 spiro atoms. The van der Waals surface area contributed by atoms with E-state index in [1.807, 2.05) is 48.5 Å². The molecule has 2 aliphatic rings. The fraction of sp³-hybridized carbons (Fsp3) is 0.130. The van der Waals surface area contributed by atoms with Crippen LogP contribution >= 0.6 is 15.9 Å². The molecule has 6 heteroatoms. The van der Waals surface area contributed by atoms with Crippen molar-refractivity contribution in [2.24, 2.45) is 5.10 Å². The fourth-order valence-corrected chi connectivity index (χ4v) is 4.17. The van der Waals surface area contributed by atoms with Crippen LogP contribution in [0.4, 0.5) is 4.39 Å². The largest absolute Gasteiger partial charge is 0.461 e. The van der Waals surface area contributed by atoms with Crippen LogP contribution < -0.4 is 4.74 Å². The molecule has 0 fully saturated rings. The van der Waals surface area contributed by atoms with Crippen molar-refractivity contribution in [3.63, 3.8) is 0 Å². The van der Waals surface area contributed by atoms with E-state index in [0.717, 1.165) is 21.3 Å². The maximum atomic E-state index is 13.3. The van der Waals surface area contributed by atoms with Crippen LogP contribution in [0.2, 0.25) is 0 Å². The molecule has 0 aromatic heterocycles. The molecule has 4 nitrogen and oxygen atoms in total. The first-order valence-electron chi connectivity index (χ1n) is 9.27. The number of hydrazone groups is 1. The zero-order chi connectivity index (χ0) is 20.0. The van der Waals surface area contributed by atoms with Gasteiger partial charge in [-0.1, -0.05) is 46.3 Å². The van der Waals surface area contributed by atoms with Crippen molar-refractivity contribution in [2.45, 2.75) is 18.7 Å². The molecule has 0 unspecified atom stereocenters. The third-order valence-electron chi connectivity index (χ3n) is 5.21. The summed E-state index contributed by atoms with van der Waals surface area (Å²) in [7, 11) is 0. The van der Waals surface area contributed by atoms with Gasteiger partial charge in [-0.05, 0) is 48.0 Å². The number of fused-ring (bicyclic) bond motifs is 3. The number of halogens is 2. The van der Waals surface area contributed by atoms with E-state index in [2.05, 4.69) is 15.9 Å². The number of carbonyl (C=O) groups excluding carboxylic acids is 1. The summed E-state index contributed by atoms with van der Waals surface area (Å²) in [6, 6.07) is 21.1. The summed E-state index contributed by atoms with van der Waals surface area (Å²) in [5, 5.41) is 6.51. The van der Waals surface area contributed by atoms with Crippen molar-refractivity contribution in [3.05, 3.63) is 99.8 Å². The molecule has 0 N–H and O–H groups in total. The molecule has 0 amide bonds. The Bertz CT molecular complexity index is 1120. The monoisotopic (exact) mass is 450 g/mol. The zero-order valence-electron chi connectivity index (χ0n) is 15.3. The standard InChI is InChI=1S/C23H16BrFN2O2/c24-16-8-11-21-18(12-16)20-13-19(14-4-2-1-3-5-14)26-27(20)23(29-21)22(28)15-6-9-17(25)10-7-15/h1-12,20,23H,13H2/t20-,23-/m1/s1. The molecular weight excluding hydrogens is 435 g/mol. The molecule has 29 heavy (non-hydrogen) atoms. The Labute approximate surface area is 175 Å². The average molecular weight is 451 g/mol. The van der Waals surface area contributed by atoms with Gasteiger partial charge in [0.05, 0.1) is 11.8 Å². The Hall–Kier alpha value is -2.99. The number of hydrogen-bond donors (Lipinski definition) is 0. The zero-order valence-corrected chi connectivity index (χ0v) is 16.8. The molecule has 144 valence electrons. The minimum atomic E-state index is -0.902. The van der Waals surface area contributed by atoms with Gasteiger partial charge in [0.1, 0.15) is 11.6 Å². The predicted octanol–water partition coefficient (Wildman–Crippen LogP) is 5.34. The lowest BCUT2D eigenvalue weighted by atomic mass is 9.96. The van der Waals surface area contributed by atoms with Gasteiger partial charge in [0.2, 0.25) is 5.78 Å². The van der Waals surface area contributed by atoms with Crippen LogP contribution in [0.3, 0.4) is 0 Å². The van der Waals surface area contributed by atoms with Crippen molar-refractivity contribution >= 4 is 27.4 Å². The van der Waals surface area contributed by atoms with E-state index in [9.17, 15) is 9.18 Å². The number of carbonyl (C=O) groups is 1. The number of ketones is 1. The highest BCUT2D eigenvalue weighted by Gasteiger charge is 2.43. The van der Waals surface area contributed by atoms with Crippen LogP contribution in [0.5, 0.6) is 5.75 Å². The minimum absolute atomic E-state index is 0.110. The molecule has 0 radical (unpaired) electrons. The van der Waals surface area contributed by atoms with E-state index in [1.165, 1.54) is 24.3 Å². The summed E-state index contributed by atoms with van der Waals surface area (Å²) in [5.74, 6) is 0.0331. The second-order valence-corrected chi connectivity index (χ2v) is 7.95. The van der Waals surface area contributed by atoms with Gasteiger partial charge in [-0.15, -0.1) is 0 Å². The van der Waals surface area contributed by atoms with E-state index in [4.69, 9.17) is 9.84 Å². The first-order valence-corrected chi connectivity index (χ1v) is 10.1. The number of nitrogens with zero attached hydrogens (tertiary/aromatic N) is 2. The summed E-state index contributed by atoms with van der Waals surface area (Å²) in [5.41, 5.74) is 3.30. The van der Waals surface area contributed by atoms with Crippen LogP contribution in [-0.4, -0.2) is 22.7 Å². The van der Waals surface area contributed by atoms with Gasteiger partial charge < -0.3 is 4.74 Å².